The SMILES string of the molecule is CCC(NCC1CCN(CC)CC1)c1ccccc1F. The maximum absolute atomic E-state index is 13.8. The standard InChI is InChI=1S/C17H27FN2/c1-3-17(15-7-5-6-8-16(15)18)19-13-14-9-11-20(4-2)12-10-14/h5-8,14,17,19H,3-4,9-13H2,1-2H3. The number of nitrogens with one attached hydrogen (secondary N) is 1. The Bertz CT molecular complexity index is 400. The summed E-state index contributed by atoms with van der Waals surface area (Å²) in [4.78, 5) is 2.50. The Hall–Kier alpha value is -0.930. The monoisotopic (exact) mass is 278 g/mol. The van der Waals surface area contributed by atoms with Gasteiger partial charge in [0, 0.05) is 11.6 Å². The van der Waals surface area contributed by atoms with Crippen molar-refractivity contribution in [1.82, 2.24) is 10.2 Å². The second kappa shape index (κ2) is 7.75. The minimum atomic E-state index is -0.0901. The van der Waals surface area contributed by atoms with Gasteiger partial charge in [-0.25, -0.2) is 4.39 Å². The van der Waals surface area contributed by atoms with Crippen LogP contribution in [0.15, 0.2) is 24.3 Å². The van der Waals surface area contributed by atoms with Crippen LogP contribution < -0.4 is 5.32 Å². The maximum atomic E-state index is 13.8. The van der Waals surface area contributed by atoms with Gasteiger partial charge in [-0.1, -0.05) is 32.0 Å². The van der Waals surface area contributed by atoms with Gasteiger partial charge in [0.25, 0.3) is 0 Å². The van der Waals surface area contributed by atoms with Gasteiger partial charge in [0.05, 0.1) is 0 Å². The van der Waals surface area contributed by atoms with E-state index in [-0.39, 0.29) is 11.9 Å². The molecule has 0 spiro atoms. The fourth-order valence-electron chi connectivity index (χ4n) is 3.05. The number of nitrogens with zero attached hydrogens (tertiary/aromatic N) is 1. The van der Waals surface area contributed by atoms with E-state index in [4.69, 9.17) is 0 Å². The van der Waals surface area contributed by atoms with Crippen LogP contribution >= 0.6 is 0 Å². The molecular weight excluding hydrogens is 251 g/mol. The van der Waals surface area contributed by atoms with E-state index in [2.05, 4.69) is 24.1 Å². The number of benzene rings is 1. The van der Waals surface area contributed by atoms with Gasteiger partial charge in [0.2, 0.25) is 0 Å². The van der Waals surface area contributed by atoms with Crippen LogP contribution in [0.25, 0.3) is 0 Å². The normalized spacial score (nSPS) is 19.1. The van der Waals surface area contributed by atoms with Crippen molar-refractivity contribution in [1.29, 1.82) is 0 Å². The molecule has 1 heterocycles. The number of hydrogen-bond acceptors (Lipinski definition) is 2. The van der Waals surface area contributed by atoms with Gasteiger partial charge in [-0.3, -0.25) is 0 Å². The summed E-state index contributed by atoms with van der Waals surface area (Å²) in [6.07, 6.45) is 3.44. The average Bonchev–Trinajstić information content (AvgIpc) is 2.50. The minimum absolute atomic E-state index is 0.0901. The molecule has 1 aromatic carbocycles. The number of piperidine rings is 1. The smallest absolute Gasteiger partial charge is 0.127 e. The number of likely N-dealkylation sites (tertiary alicyclic amines) is 1. The maximum Gasteiger partial charge on any atom is 0.127 e. The lowest BCUT2D eigenvalue weighted by atomic mass is 9.95. The van der Waals surface area contributed by atoms with Gasteiger partial charge in [0.15, 0.2) is 0 Å². The fourth-order valence-corrected chi connectivity index (χ4v) is 3.05. The van der Waals surface area contributed by atoms with Gasteiger partial charge < -0.3 is 10.2 Å². The van der Waals surface area contributed by atoms with Gasteiger partial charge in [-0.05, 0) is 57.4 Å². The van der Waals surface area contributed by atoms with Crippen LogP contribution in [0.2, 0.25) is 0 Å². The Morgan fingerprint density at radius 3 is 2.55 bits per heavy atom. The van der Waals surface area contributed by atoms with E-state index in [1.807, 2.05) is 12.1 Å². The summed E-state index contributed by atoms with van der Waals surface area (Å²) in [6.45, 7) is 8.92. The molecule has 3 heteroatoms. The topological polar surface area (TPSA) is 15.3 Å². The molecule has 112 valence electrons. The van der Waals surface area contributed by atoms with Crippen molar-refractivity contribution in [3.05, 3.63) is 35.6 Å². The zero-order chi connectivity index (χ0) is 14.4. The van der Waals surface area contributed by atoms with Gasteiger partial charge in [-0.15, -0.1) is 0 Å². The Kier molecular flexibility index (Phi) is 5.99. The molecule has 1 aromatic rings. The Morgan fingerprint density at radius 1 is 1.25 bits per heavy atom. The van der Waals surface area contributed by atoms with E-state index in [0.717, 1.165) is 31.0 Å². The van der Waals surface area contributed by atoms with Crippen LogP contribution in [0.5, 0.6) is 0 Å². The molecule has 0 bridgehead atoms. The first-order valence-corrected chi connectivity index (χ1v) is 7.94. The highest BCUT2D eigenvalue weighted by Gasteiger charge is 2.20. The number of hydrogen-bond donors (Lipinski definition) is 1. The lowest BCUT2D eigenvalue weighted by Gasteiger charge is -2.32. The molecule has 1 aliphatic heterocycles. The van der Waals surface area contributed by atoms with E-state index in [0.29, 0.717) is 0 Å². The molecular formula is C17H27FN2. The molecule has 1 saturated heterocycles. The molecule has 1 N–H and O–H groups in total. The lowest BCUT2D eigenvalue weighted by molar-refractivity contribution is 0.187. The van der Waals surface area contributed by atoms with Crippen molar-refractivity contribution in [3.63, 3.8) is 0 Å². The Labute approximate surface area is 122 Å². The van der Waals surface area contributed by atoms with E-state index in [1.165, 1.54) is 25.9 Å². The molecule has 1 fully saturated rings. The summed E-state index contributed by atoms with van der Waals surface area (Å²) < 4.78 is 13.8. The number of halogens is 1. The highest BCUT2D eigenvalue weighted by atomic mass is 19.1. The predicted molar refractivity (Wildman–Crippen MR) is 82.3 cm³/mol. The molecule has 0 radical (unpaired) electrons. The highest BCUT2D eigenvalue weighted by Crippen LogP contribution is 2.22. The summed E-state index contributed by atoms with van der Waals surface area (Å²) in [5.74, 6) is 0.645. The molecule has 1 aliphatic rings. The van der Waals surface area contributed by atoms with Crippen LogP contribution in [0.3, 0.4) is 0 Å². The minimum Gasteiger partial charge on any atom is -0.310 e. The first-order valence-electron chi connectivity index (χ1n) is 7.94. The first-order chi connectivity index (χ1) is 9.74. The van der Waals surface area contributed by atoms with E-state index < -0.39 is 0 Å². The summed E-state index contributed by atoms with van der Waals surface area (Å²) >= 11 is 0. The van der Waals surface area contributed by atoms with Crippen LogP contribution in [-0.2, 0) is 0 Å². The molecule has 1 unspecified atom stereocenters. The molecule has 0 aliphatic carbocycles. The van der Waals surface area contributed by atoms with Crippen LogP contribution in [-0.4, -0.2) is 31.1 Å². The van der Waals surface area contributed by atoms with Gasteiger partial charge in [0.1, 0.15) is 5.82 Å². The van der Waals surface area contributed by atoms with Crippen molar-refractivity contribution in [2.75, 3.05) is 26.2 Å². The molecule has 2 nitrogen and oxygen atoms in total. The van der Waals surface area contributed by atoms with Gasteiger partial charge >= 0.3 is 0 Å². The molecule has 0 aromatic heterocycles. The van der Waals surface area contributed by atoms with Crippen LogP contribution in [0.4, 0.5) is 4.39 Å². The highest BCUT2D eigenvalue weighted by molar-refractivity contribution is 5.21. The fraction of sp³-hybridized carbons (Fsp3) is 0.647. The third-order valence-corrected chi connectivity index (χ3v) is 4.50. The van der Waals surface area contributed by atoms with Crippen molar-refractivity contribution >= 4 is 0 Å². The van der Waals surface area contributed by atoms with Crippen molar-refractivity contribution in [2.24, 2.45) is 5.92 Å². The molecule has 0 amide bonds. The Morgan fingerprint density at radius 2 is 1.95 bits per heavy atom. The largest absolute Gasteiger partial charge is 0.310 e. The van der Waals surface area contributed by atoms with Gasteiger partial charge in [-0.2, -0.15) is 0 Å². The molecule has 0 saturated carbocycles. The van der Waals surface area contributed by atoms with E-state index in [9.17, 15) is 4.39 Å². The Balaban J connectivity index is 1.84. The van der Waals surface area contributed by atoms with E-state index in [1.54, 1.807) is 12.1 Å². The van der Waals surface area contributed by atoms with Crippen molar-refractivity contribution in [3.8, 4) is 0 Å². The summed E-state index contributed by atoms with van der Waals surface area (Å²) in [5.41, 5.74) is 0.806. The second-order valence-corrected chi connectivity index (χ2v) is 5.77. The zero-order valence-electron chi connectivity index (χ0n) is 12.7. The molecule has 2 rings (SSSR count). The number of rotatable bonds is 6. The third-order valence-electron chi connectivity index (χ3n) is 4.50. The zero-order valence-corrected chi connectivity index (χ0v) is 12.7. The summed E-state index contributed by atoms with van der Waals surface area (Å²) in [6, 6.07) is 7.27. The van der Waals surface area contributed by atoms with Crippen molar-refractivity contribution < 1.29 is 4.39 Å². The molecule has 1 atom stereocenters. The second-order valence-electron chi connectivity index (χ2n) is 5.77. The predicted octanol–water partition coefficient (Wildman–Crippen LogP) is 3.60. The molecule has 20 heavy (non-hydrogen) atoms. The van der Waals surface area contributed by atoms with Crippen molar-refractivity contribution in [2.45, 2.75) is 39.2 Å². The summed E-state index contributed by atoms with van der Waals surface area (Å²) in [5, 5.41) is 3.57. The summed E-state index contributed by atoms with van der Waals surface area (Å²) in [7, 11) is 0. The average molecular weight is 278 g/mol. The quantitative estimate of drug-likeness (QED) is 0.855. The lowest BCUT2D eigenvalue weighted by Crippen LogP contribution is -2.37. The third kappa shape index (κ3) is 4.03. The first kappa shape index (κ1) is 15.5. The van der Waals surface area contributed by atoms with Crippen LogP contribution in [0.1, 0.15) is 44.7 Å². The van der Waals surface area contributed by atoms with Crippen LogP contribution in [0, 0.1) is 11.7 Å². The van der Waals surface area contributed by atoms with E-state index >= 15 is 0 Å².